The number of nitrogens with two attached hydrogens (primary N) is 1. The number of nitrogens with zero attached hydrogens (tertiary/aromatic N) is 3. The largest absolute Gasteiger partial charge is 0.488 e. The summed E-state index contributed by atoms with van der Waals surface area (Å²) in [5, 5.41) is 23.3. The van der Waals surface area contributed by atoms with Crippen molar-refractivity contribution in [2.24, 2.45) is 5.73 Å². The van der Waals surface area contributed by atoms with Gasteiger partial charge in [0.05, 0.1) is 11.3 Å². The molecule has 0 bridgehead atoms. The highest BCUT2D eigenvalue weighted by molar-refractivity contribution is 7.20. The summed E-state index contributed by atoms with van der Waals surface area (Å²) < 4.78 is 0.845. The van der Waals surface area contributed by atoms with Crippen molar-refractivity contribution in [1.82, 2.24) is 14.9 Å². The molecule has 8 nitrogen and oxygen atoms in total. The lowest BCUT2D eigenvalue weighted by molar-refractivity contribution is 0.100. The molecule has 3 heterocycles. The minimum atomic E-state index is -1.51. The van der Waals surface area contributed by atoms with Crippen LogP contribution >= 0.6 is 11.3 Å². The van der Waals surface area contributed by atoms with Crippen LogP contribution in [0.15, 0.2) is 42.5 Å². The highest BCUT2D eigenvalue weighted by atomic mass is 32.1. The highest BCUT2D eigenvalue weighted by Gasteiger charge is 2.25. The average Bonchev–Trinajstić information content (AvgIpc) is 3.35. The van der Waals surface area contributed by atoms with Gasteiger partial charge < -0.3 is 21.1 Å². The van der Waals surface area contributed by atoms with Gasteiger partial charge in [-0.25, -0.2) is 9.97 Å². The molecule has 5 rings (SSSR count). The molecular formula is C24H24BN5O3S. The van der Waals surface area contributed by atoms with Gasteiger partial charge in [-0.3, -0.25) is 9.69 Å². The van der Waals surface area contributed by atoms with Gasteiger partial charge in [-0.05, 0) is 31.1 Å². The molecule has 2 aromatic heterocycles. The van der Waals surface area contributed by atoms with Crippen LogP contribution < -0.4 is 16.5 Å². The molecule has 1 aliphatic heterocycles. The smallest absolute Gasteiger partial charge is 0.423 e. The lowest BCUT2D eigenvalue weighted by Crippen LogP contribution is -2.30. The van der Waals surface area contributed by atoms with Crippen molar-refractivity contribution < 1.29 is 14.8 Å². The molecule has 2 aromatic carbocycles. The summed E-state index contributed by atoms with van der Waals surface area (Å²) in [6.45, 7) is 3.94. The molecule has 0 unspecified atom stereocenters. The number of carbonyl (C=O) groups excluding carboxylic acids is 1. The number of aryl methyl sites for hydroxylation is 1. The lowest BCUT2D eigenvalue weighted by Gasteiger charge is -2.13. The molecule has 0 aliphatic carbocycles. The minimum absolute atomic E-state index is 0.443. The molecule has 0 fully saturated rings. The van der Waals surface area contributed by atoms with E-state index in [0.717, 1.165) is 56.3 Å². The molecule has 1 amide bonds. The third-order valence-electron chi connectivity index (χ3n) is 6.03. The number of rotatable bonds is 6. The topological polar surface area (TPSA) is 125 Å². The number of hydrogen-bond donors (Lipinski definition) is 4. The Bertz CT molecular complexity index is 1420. The summed E-state index contributed by atoms with van der Waals surface area (Å²) in [7, 11) is 0.533. The maximum absolute atomic E-state index is 12.0. The monoisotopic (exact) mass is 473 g/mol. The predicted molar refractivity (Wildman–Crippen MR) is 135 cm³/mol. The molecule has 0 spiro atoms. The highest BCUT2D eigenvalue weighted by Crippen LogP contribution is 2.40. The van der Waals surface area contributed by atoms with Gasteiger partial charge >= 0.3 is 7.12 Å². The number of benzene rings is 2. The van der Waals surface area contributed by atoms with Crippen molar-refractivity contribution in [3.8, 4) is 11.4 Å². The molecule has 0 radical (unpaired) electrons. The zero-order chi connectivity index (χ0) is 24.0. The Kier molecular flexibility index (Phi) is 5.82. The predicted octanol–water partition coefficient (Wildman–Crippen LogP) is 2.00. The van der Waals surface area contributed by atoms with Gasteiger partial charge in [0.1, 0.15) is 5.82 Å². The van der Waals surface area contributed by atoms with E-state index in [4.69, 9.17) is 15.7 Å². The molecule has 1 aliphatic rings. The first-order valence-corrected chi connectivity index (χ1v) is 11.7. The first-order valence-electron chi connectivity index (χ1n) is 10.9. The third kappa shape index (κ3) is 4.05. The maximum atomic E-state index is 12.0. The van der Waals surface area contributed by atoms with Crippen LogP contribution in [0.5, 0.6) is 0 Å². The SMILES string of the molecule is Cc1sc2c(C(N)=O)cccc2c1-c1nc2c(c(NCc3cccc(B(O)O)c3)n1)CN(C)C2. The summed E-state index contributed by atoms with van der Waals surface area (Å²) in [5.74, 6) is 0.915. The zero-order valence-electron chi connectivity index (χ0n) is 18.9. The Hall–Kier alpha value is -3.31. The molecule has 4 aromatic rings. The fourth-order valence-electron chi connectivity index (χ4n) is 4.43. The van der Waals surface area contributed by atoms with Crippen molar-refractivity contribution in [2.45, 2.75) is 26.6 Å². The second-order valence-electron chi connectivity index (χ2n) is 8.55. The molecule has 10 heteroatoms. The fraction of sp³-hybridized carbons (Fsp3) is 0.208. The van der Waals surface area contributed by atoms with Gasteiger partial charge in [0.2, 0.25) is 5.91 Å². The lowest BCUT2D eigenvalue weighted by atomic mass is 9.79. The summed E-state index contributed by atoms with van der Waals surface area (Å²) in [5.41, 5.74) is 10.4. The van der Waals surface area contributed by atoms with Crippen molar-refractivity contribution in [1.29, 1.82) is 0 Å². The molecule has 0 saturated carbocycles. The number of hydrogen-bond acceptors (Lipinski definition) is 8. The van der Waals surface area contributed by atoms with Gasteiger partial charge in [0, 0.05) is 45.7 Å². The summed E-state index contributed by atoms with van der Waals surface area (Å²) in [6.07, 6.45) is 0. The molecule has 34 heavy (non-hydrogen) atoms. The maximum Gasteiger partial charge on any atom is 0.488 e. The summed E-state index contributed by atoms with van der Waals surface area (Å²) in [6, 6.07) is 12.7. The van der Waals surface area contributed by atoms with Crippen molar-refractivity contribution in [3.63, 3.8) is 0 Å². The first-order chi connectivity index (χ1) is 16.3. The van der Waals surface area contributed by atoms with E-state index < -0.39 is 13.0 Å². The van der Waals surface area contributed by atoms with E-state index >= 15 is 0 Å². The first kappa shape index (κ1) is 22.5. The van der Waals surface area contributed by atoms with Crippen molar-refractivity contribution in [3.05, 3.63) is 69.7 Å². The van der Waals surface area contributed by atoms with E-state index in [-0.39, 0.29) is 0 Å². The Labute approximate surface area is 201 Å². The van der Waals surface area contributed by atoms with Crippen LogP contribution in [0, 0.1) is 6.92 Å². The normalized spacial score (nSPS) is 13.3. The van der Waals surface area contributed by atoms with Gasteiger partial charge in [0.25, 0.3) is 0 Å². The van der Waals surface area contributed by atoms with E-state index in [2.05, 4.69) is 10.2 Å². The molecule has 0 saturated heterocycles. The third-order valence-corrected chi connectivity index (χ3v) is 7.18. The van der Waals surface area contributed by atoms with Crippen LogP contribution in [-0.4, -0.2) is 45.0 Å². The van der Waals surface area contributed by atoms with Crippen molar-refractivity contribution in [2.75, 3.05) is 12.4 Å². The molecule has 0 atom stereocenters. The van der Waals surface area contributed by atoms with E-state index in [1.54, 1.807) is 24.3 Å². The second-order valence-corrected chi connectivity index (χ2v) is 9.77. The Balaban J connectivity index is 1.57. The Morgan fingerprint density at radius 2 is 2.00 bits per heavy atom. The number of thiophene rings is 1. The van der Waals surface area contributed by atoms with Crippen LogP contribution in [0.4, 0.5) is 5.82 Å². The van der Waals surface area contributed by atoms with Gasteiger partial charge in [-0.1, -0.05) is 36.4 Å². The van der Waals surface area contributed by atoms with Gasteiger partial charge in [-0.15, -0.1) is 11.3 Å². The average molecular weight is 473 g/mol. The van der Waals surface area contributed by atoms with Crippen LogP contribution in [0.2, 0.25) is 0 Å². The summed E-state index contributed by atoms with van der Waals surface area (Å²) >= 11 is 1.52. The number of nitrogens with one attached hydrogen (secondary N) is 1. The summed E-state index contributed by atoms with van der Waals surface area (Å²) in [4.78, 5) is 25.0. The fourth-order valence-corrected chi connectivity index (χ4v) is 5.59. The number of anilines is 1. The van der Waals surface area contributed by atoms with Crippen LogP contribution in [0.3, 0.4) is 0 Å². The van der Waals surface area contributed by atoms with Crippen molar-refractivity contribution >= 4 is 45.7 Å². The number of carbonyl (C=O) groups is 1. The number of aromatic nitrogens is 2. The second kappa shape index (κ2) is 8.81. The molecule has 172 valence electrons. The van der Waals surface area contributed by atoms with Crippen LogP contribution in [0.25, 0.3) is 21.5 Å². The quantitative estimate of drug-likeness (QED) is 0.316. The number of primary amides is 1. The Morgan fingerprint density at radius 3 is 2.76 bits per heavy atom. The standard InChI is InChI=1S/C24H24BN5O3S/c1-13-20(16-7-4-8-17(22(26)31)21(16)34-13)24-28-19-12-30(2)11-18(19)23(29-24)27-10-14-5-3-6-15(9-14)25(32)33/h3-9,32-33H,10-12H2,1-2H3,(H2,26,31)(H,27,28,29). The van der Waals surface area contributed by atoms with E-state index in [1.807, 2.05) is 32.2 Å². The van der Waals surface area contributed by atoms with Gasteiger partial charge in [-0.2, -0.15) is 0 Å². The Morgan fingerprint density at radius 1 is 1.21 bits per heavy atom. The zero-order valence-corrected chi connectivity index (χ0v) is 19.7. The number of fused-ring (bicyclic) bond motifs is 2. The minimum Gasteiger partial charge on any atom is -0.423 e. The van der Waals surface area contributed by atoms with E-state index in [9.17, 15) is 14.8 Å². The molecule has 5 N–H and O–H groups in total. The van der Waals surface area contributed by atoms with E-state index in [1.165, 1.54) is 11.3 Å². The number of amides is 1. The van der Waals surface area contributed by atoms with E-state index in [0.29, 0.717) is 23.4 Å². The van der Waals surface area contributed by atoms with Gasteiger partial charge in [0.15, 0.2) is 5.82 Å². The van der Waals surface area contributed by atoms with Crippen LogP contribution in [0.1, 0.15) is 32.1 Å². The molecular weight excluding hydrogens is 449 g/mol. The van der Waals surface area contributed by atoms with Crippen LogP contribution in [-0.2, 0) is 19.6 Å².